The van der Waals surface area contributed by atoms with Gasteiger partial charge in [0.2, 0.25) is 11.9 Å². The van der Waals surface area contributed by atoms with Gasteiger partial charge in [0, 0.05) is 44.0 Å². The number of carbonyl (C=O) groups is 3. The standard InChI is InChI=1S/C26H32N6O3/c1-31(20-9-3-2-4-10-20)25(35)18-12-13-22-21(16-18)29-26(32(22)15-6-5-11-23(27)33)30-24(34)19-8-7-14-28-17-19/h7-8,12-14,16-17,20H,2-6,9-11,15H2,1H3,(H2,27,33)(H,29,30,34). The molecule has 3 amide bonds. The molecule has 2 aromatic heterocycles. The molecule has 1 aliphatic rings. The van der Waals surface area contributed by atoms with E-state index in [0.29, 0.717) is 48.4 Å². The van der Waals surface area contributed by atoms with Crippen molar-refractivity contribution in [2.24, 2.45) is 5.73 Å². The second-order valence-corrected chi connectivity index (χ2v) is 9.12. The zero-order valence-corrected chi connectivity index (χ0v) is 20.1. The lowest BCUT2D eigenvalue weighted by Gasteiger charge is -2.31. The molecule has 1 aliphatic carbocycles. The summed E-state index contributed by atoms with van der Waals surface area (Å²) in [5, 5.41) is 2.88. The number of rotatable bonds is 9. The van der Waals surface area contributed by atoms with E-state index in [2.05, 4.69) is 15.3 Å². The predicted octanol–water partition coefficient (Wildman–Crippen LogP) is 3.74. The van der Waals surface area contributed by atoms with Gasteiger partial charge in [-0.2, -0.15) is 0 Å². The molecule has 1 aromatic carbocycles. The van der Waals surface area contributed by atoms with Crippen LogP contribution in [0.1, 0.15) is 72.1 Å². The molecule has 1 fully saturated rings. The Bertz CT molecular complexity index is 1200. The first-order chi connectivity index (χ1) is 16.9. The summed E-state index contributed by atoms with van der Waals surface area (Å²) in [6.45, 7) is 0.543. The summed E-state index contributed by atoms with van der Waals surface area (Å²) in [4.78, 5) is 47.6. The first kappa shape index (κ1) is 24.4. The van der Waals surface area contributed by atoms with Gasteiger partial charge in [0.05, 0.1) is 16.6 Å². The number of carbonyl (C=O) groups excluding carboxylic acids is 3. The summed E-state index contributed by atoms with van der Waals surface area (Å²) >= 11 is 0. The zero-order valence-electron chi connectivity index (χ0n) is 20.1. The van der Waals surface area contributed by atoms with E-state index in [0.717, 1.165) is 31.2 Å². The van der Waals surface area contributed by atoms with Gasteiger partial charge in [-0.15, -0.1) is 0 Å². The normalized spacial score (nSPS) is 14.1. The highest BCUT2D eigenvalue weighted by Crippen LogP contribution is 2.26. The average Bonchev–Trinajstić information content (AvgIpc) is 3.22. The van der Waals surface area contributed by atoms with Gasteiger partial charge in [-0.05, 0) is 56.0 Å². The molecule has 9 heteroatoms. The van der Waals surface area contributed by atoms with Crippen molar-refractivity contribution in [2.45, 2.75) is 64.0 Å². The fraction of sp³-hybridized carbons (Fsp3) is 0.423. The number of nitrogens with one attached hydrogen (secondary N) is 1. The van der Waals surface area contributed by atoms with Crippen LogP contribution in [0.2, 0.25) is 0 Å². The molecule has 2 heterocycles. The minimum Gasteiger partial charge on any atom is -0.370 e. The Kier molecular flexibility index (Phi) is 7.74. The fourth-order valence-electron chi connectivity index (χ4n) is 4.66. The third-order valence-electron chi connectivity index (χ3n) is 6.64. The van der Waals surface area contributed by atoms with Gasteiger partial charge >= 0.3 is 0 Å². The Morgan fingerprint density at radius 3 is 2.63 bits per heavy atom. The molecule has 9 nitrogen and oxygen atoms in total. The molecule has 0 unspecified atom stereocenters. The number of amides is 3. The van der Waals surface area contributed by atoms with Crippen molar-refractivity contribution < 1.29 is 14.4 Å². The van der Waals surface area contributed by atoms with Crippen LogP contribution in [0.5, 0.6) is 0 Å². The van der Waals surface area contributed by atoms with Gasteiger partial charge in [0.15, 0.2) is 0 Å². The van der Waals surface area contributed by atoms with Crippen molar-refractivity contribution in [3.63, 3.8) is 0 Å². The third kappa shape index (κ3) is 5.85. The van der Waals surface area contributed by atoms with Gasteiger partial charge in [-0.1, -0.05) is 19.3 Å². The highest BCUT2D eigenvalue weighted by molar-refractivity contribution is 6.04. The van der Waals surface area contributed by atoms with E-state index >= 15 is 0 Å². The molecular formula is C26H32N6O3. The van der Waals surface area contributed by atoms with E-state index in [4.69, 9.17) is 5.73 Å². The SMILES string of the molecule is CN(C(=O)c1ccc2c(c1)nc(NC(=O)c1cccnc1)n2CCCCC(N)=O)C1CCCCC1. The smallest absolute Gasteiger partial charge is 0.259 e. The van der Waals surface area contributed by atoms with E-state index in [1.807, 2.05) is 28.6 Å². The van der Waals surface area contributed by atoms with Crippen molar-refractivity contribution in [1.82, 2.24) is 19.4 Å². The number of nitrogens with two attached hydrogens (primary N) is 1. The Labute approximate surface area is 204 Å². The van der Waals surface area contributed by atoms with Gasteiger partial charge in [0.1, 0.15) is 0 Å². The number of nitrogens with zero attached hydrogens (tertiary/aromatic N) is 4. The number of anilines is 1. The summed E-state index contributed by atoms with van der Waals surface area (Å²) < 4.78 is 1.91. The molecule has 3 aromatic rings. The molecule has 1 saturated carbocycles. The molecule has 0 saturated heterocycles. The van der Waals surface area contributed by atoms with Crippen molar-refractivity contribution in [3.05, 3.63) is 53.9 Å². The topological polar surface area (TPSA) is 123 Å². The summed E-state index contributed by atoms with van der Waals surface area (Å²) in [5.74, 6) is -0.287. The molecule has 184 valence electrons. The summed E-state index contributed by atoms with van der Waals surface area (Å²) in [7, 11) is 1.87. The number of pyridine rings is 1. The molecule has 0 radical (unpaired) electrons. The van der Waals surface area contributed by atoms with Crippen LogP contribution in [0, 0.1) is 0 Å². The lowest BCUT2D eigenvalue weighted by Crippen LogP contribution is -2.38. The molecule has 35 heavy (non-hydrogen) atoms. The third-order valence-corrected chi connectivity index (χ3v) is 6.64. The number of unbranched alkanes of at least 4 members (excludes halogenated alkanes) is 1. The summed E-state index contributed by atoms with van der Waals surface area (Å²) in [6.07, 6.45) is 10.3. The predicted molar refractivity (Wildman–Crippen MR) is 134 cm³/mol. The highest BCUT2D eigenvalue weighted by atomic mass is 16.2. The van der Waals surface area contributed by atoms with E-state index in [1.54, 1.807) is 24.4 Å². The molecular weight excluding hydrogens is 444 g/mol. The lowest BCUT2D eigenvalue weighted by molar-refractivity contribution is -0.118. The quantitative estimate of drug-likeness (QED) is 0.455. The minimum atomic E-state index is -0.337. The van der Waals surface area contributed by atoms with Gasteiger partial charge in [-0.3, -0.25) is 24.7 Å². The fourth-order valence-corrected chi connectivity index (χ4v) is 4.66. The van der Waals surface area contributed by atoms with Crippen LogP contribution in [0.15, 0.2) is 42.7 Å². The second-order valence-electron chi connectivity index (χ2n) is 9.12. The van der Waals surface area contributed by atoms with E-state index in [1.165, 1.54) is 12.6 Å². The Hall–Kier alpha value is -3.75. The van der Waals surface area contributed by atoms with Gasteiger partial charge in [-0.25, -0.2) is 4.98 Å². The van der Waals surface area contributed by atoms with Crippen LogP contribution in [0.25, 0.3) is 11.0 Å². The molecule has 3 N–H and O–H groups in total. The van der Waals surface area contributed by atoms with Crippen LogP contribution in [-0.4, -0.2) is 50.2 Å². The number of fused-ring (bicyclic) bond motifs is 1. The lowest BCUT2D eigenvalue weighted by atomic mass is 9.94. The summed E-state index contributed by atoms with van der Waals surface area (Å²) in [5.41, 5.74) is 7.70. The molecule has 0 spiro atoms. The molecule has 0 aliphatic heterocycles. The number of aromatic nitrogens is 3. The number of hydrogen-bond acceptors (Lipinski definition) is 5. The number of aryl methyl sites for hydroxylation is 1. The summed E-state index contributed by atoms with van der Waals surface area (Å²) in [6, 6.07) is 9.12. The van der Waals surface area contributed by atoms with Gasteiger partial charge < -0.3 is 15.2 Å². The molecule has 0 bridgehead atoms. The Morgan fingerprint density at radius 1 is 1.11 bits per heavy atom. The van der Waals surface area contributed by atoms with Crippen molar-refractivity contribution in [3.8, 4) is 0 Å². The maximum atomic E-state index is 13.2. The van der Waals surface area contributed by atoms with E-state index in [9.17, 15) is 14.4 Å². The molecule has 0 atom stereocenters. The van der Waals surface area contributed by atoms with E-state index < -0.39 is 0 Å². The van der Waals surface area contributed by atoms with Crippen molar-refractivity contribution in [2.75, 3.05) is 12.4 Å². The number of imidazole rings is 1. The maximum absolute atomic E-state index is 13.2. The zero-order chi connectivity index (χ0) is 24.8. The second kappa shape index (κ2) is 11.1. The van der Waals surface area contributed by atoms with Crippen LogP contribution < -0.4 is 11.1 Å². The monoisotopic (exact) mass is 476 g/mol. The first-order valence-electron chi connectivity index (χ1n) is 12.2. The van der Waals surface area contributed by atoms with E-state index in [-0.39, 0.29) is 23.8 Å². The van der Waals surface area contributed by atoms with Crippen LogP contribution in [0.3, 0.4) is 0 Å². The van der Waals surface area contributed by atoms with Crippen LogP contribution in [-0.2, 0) is 11.3 Å². The highest BCUT2D eigenvalue weighted by Gasteiger charge is 2.24. The number of benzene rings is 1. The molecule has 4 rings (SSSR count). The maximum Gasteiger partial charge on any atom is 0.259 e. The Balaban J connectivity index is 1.60. The minimum absolute atomic E-state index is 0.0178. The van der Waals surface area contributed by atoms with Crippen LogP contribution in [0.4, 0.5) is 5.95 Å². The van der Waals surface area contributed by atoms with Crippen molar-refractivity contribution >= 4 is 34.7 Å². The van der Waals surface area contributed by atoms with Crippen molar-refractivity contribution in [1.29, 1.82) is 0 Å². The largest absolute Gasteiger partial charge is 0.370 e. The van der Waals surface area contributed by atoms with Gasteiger partial charge in [0.25, 0.3) is 11.8 Å². The number of hydrogen-bond donors (Lipinski definition) is 2. The van der Waals surface area contributed by atoms with Crippen LogP contribution >= 0.6 is 0 Å². The number of primary amides is 1. The average molecular weight is 477 g/mol. The first-order valence-corrected chi connectivity index (χ1v) is 12.2. The Morgan fingerprint density at radius 2 is 1.91 bits per heavy atom.